The second-order valence-electron chi connectivity index (χ2n) is 5.80. The van der Waals surface area contributed by atoms with Gasteiger partial charge in [0, 0.05) is 31.2 Å². The van der Waals surface area contributed by atoms with Crippen molar-refractivity contribution < 1.29 is 9.53 Å². The molecule has 126 valence electrons. The third-order valence-corrected chi connectivity index (χ3v) is 3.88. The molecule has 0 saturated carbocycles. The quantitative estimate of drug-likeness (QED) is 0.668. The van der Waals surface area contributed by atoms with E-state index >= 15 is 0 Å². The van der Waals surface area contributed by atoms with Gasteiger partial charge in [0.2, 0.25) is 0 Å². The number of para-hydroxylation sites is 2. The third kappa shape index (κ3) is 5.17. The van der Waals surface area contributed by atoms with Crippen LogP contribution in [0.2, 0.25) is 0 Å². The van der Waals surface area contributed by atoms with Gasteiger partial charge in [0.15, 0.2) is 0 Å². The molecule has 1 aliphatic rings. The summed E-state index contributed by atoms with van der Waals surface area (Å²) in [6.07, 6.45) is 3.04. The zero-order valence-corrected chi connectivity index (χ0v) is 14.1. The van der Waals surface area contributed by atoms with E-state index < -0.39 is 0 Å². The van der Waals surface area contributed by atoms with E-state index in [4.69, 9.17) is 4.74 Å². The van der Waals surface area contributed by atoms with Crippen molar-refractivity contribution in [2.24, 2.45) is 0 Å². The molecule has 1 aromatic rings. The number of anilines is 1. The molecular formula is C17H26N4O2. The van der Waals surface area contributed by atoms with Crippen molar-refractivity contribution >= 4 is 11.6 Å². The van der Waals surface area contributed by atoms with Crippen LogP contribution in [0.5, 0.6) is 5.75 Å². The first-order chi connectivity index (χ1) is 11.1. The van der Waals surface area contributed by atoms with E-state index in [2.05, 4.69) is 41.0 Å². The normalized spacial score (nSPS) is 15.0. The van der Waals surface area contributed by atoms with Crippen molar-refractivity contribution in [1.29, 1.82) is 0 Å². The van der Waals surface area contributed by atoms with Gasteiger partial charge in [-0.15, -0.1) is 0 Å². The molecule has 1 amide bonds. The average Bonchev–Trinajstić information content (AvgIpc) is 2.58. The first-order valence-electron chi connectivity index (χ1n) is 7.95. The highest BCUT2D eigenvalue weighted by atomic mass is 16.5. The third-order valence-electron chi connectivity index (χ3n) is 3.88. The zero-order chi connectivity index (χ0) is 16.7. The predicted molar refractivity (Wildman–Crippen MR) is 92.2 cm³/mol. The Morgan fingerprint density at radius 2 is 2.13 bits per heavy atom. The van der Waals surface area contributed by atoms with Crippen molar-refractivity contribution in [3.8, 4) is 5.75 Å². The number of ether oxygens (including phenoxy) is 1. The first-order valence-corrected chi connectivity index (χ1v) is 7.95. The fourth-order valence-corrected chi connectivity index (χ4v) is 2.43. The summed E-state index contributed by atoms with van der Waals surface area (Å²) in [5.74, 6) is 0.597. The van der Waals surface area contributed by atoms with Crippen LogP contribution in [0.25, 0.3) is 0 Å². The maximum Gasteiger partial charge on any atom is 0.257 e. The number of hydrazine groups is 1. The van der Waals surface area contributed by atoms with Gasteiger partial charge in [-0.3, -0.25) is 15.1 Å². The van der Waals surface area contributed by atoms with Gasteiger partial charge < -0.3 is 15.5 Å². The van der Waals surface area contributed by atoms with Crippen molar-refractivity contribution in [1.82, 2.24) is 15.8 Å². The molecule has 0 saturated heterocycles. The molecule has 0 fully saturated rings. The van der Waals surface area contributed by atoms with Gasteiger partial charge in [0.1, 0.15) is 5.75 Å². The van der Waals surface area contributed by atoms with E-state index in [1.165, 1.54) is 0 Å². The maximum atomic E-state index is 11.9. The number of nitrogens with zero attached hydrogens (tertiary/aromatic N) is 1. The number of carbonyl (C=O) groups is 1. The van der Waals surface area contributed by atoms with Crippen LogP contribution >= 0.6 is 0 Å². The molecule has 1 aromatic carbocycles. The monoisotopic (exact) mass is 318 g/mol. The van der Waals surface area contributed by atoms with E-state index in [9.17, 15) is 4.79 Å². The van der Waals surface area contributed by atoms with Gasteiger partial charge in [-0.2, -0.15) is 0 Å². The van der Waals surface area contributed by atoms with Crippen LogP contribution in [-0.2, 0) is 4.79 Å². The van der Waals surface area contributed by atoms with E-state index in [-0.39, 0.29) is 12.5 Å². The molecule has 0 radical (unpaired) electrons. The van der Waals surface area contributed by atoms with Gasteiger partial charge >= 0.3 is 0 Å². The van der Waals surface area contributed by atoms with Crippen molar-refractivity contribution in [2.45, 2.75) is 26.3 Å². The Hall–Kier alpha value is -2.21. The highest BCUT2D eigenvalue weighted by molar-refractivity contribution is 5.81. The topological polar surface area (TPSA) is 65.6 Å². The lowest BCUT2D eigenvalue weighted by Crippen LogP contribution is -2.43. The largest absolute Gasteiger partial charge is 0.495 e. The Morgan fingerprint density at radius 3 is 2.78 bits per heavy atom. The van der Waals surface area contributed by atoms with E-state index in [0.29, 0.717) is 6.04 Å². The summed E-state index contributed by atoms with van der Waals surface area (Å²) >= 11 is 0. The lowest BCUT2D eigenvalue weighted by molar-refractivity contribution is -0.120. The molecule has 0 bridgehead atoms. The number of methoxy groups -OCH3 is 1. The molecule has 1 aliphatic heterocycles. The van der Waals surface area contributed by atoms with Crippen molar-refractivity contribution in [3.05, 3.63) is 36.0 Å². The molecule has 0 atom stereocenters. The van der Waals surface area contributed by atoms with Crippen molar-refractivity contribution in [3.63, 3.8) is 0 Å². The Morgan fingerprint density at radius 1 is 1.35 bits per heavy atom. The molecule has 2 rings (SSSR count). The number of hydrogen-bond donors (Lipinski definition) is 3. The number of benzene rings is 1. The molecule has 1 heterocycles. The second-order valence-corrected chi connectivity index (χ2v) is 5.80. The Labute approximate surface area is 137 Å². The Kier molecular flexibility index (Phi) is 6.29. The van der Waals surface area contributed by atoms with Crippen molar-refractivity contribution in [2.75, 3.05) is 32.1 Å². The van der Waals surface area contributed by atoms with E-state index in [1.807, 2.05) is 24.3 Å². The minimum Gasteiger partial charge on any atom is -0.495 e. The summed E-state index contributed by atoms with van der Waals surface area (Å²) in [5, 5.41) is 3.07. The SMILES string of the molecule is COc1ccccc1NCC(=O)NNC1=CCN(C(C)C)CC1. The Balaban J connectivity index is 1.73. The van der Waals surface area contributed by atoms with Gasteiger partial charge in [-0.05, 0) is 32.1 Å². The fraction of sp³-hybridized carbons (Fsp3) is 0.471. The van der Waals surface area contributed by atoms with Gasteiger partial charge in [0.05, 0.1) is 19.3 Å². The second kappa shape index (κ2) is 8.43. The van der Waals surface area contributed by atoms with Gasteiger partial charge in [0.25, 0.3) is 5.91 Å². The minimum absolute atomic E-state index is 0.122. The molecule has 0 spiro atoms. The summed E-state index contributed by atoms with van der Waals surface area (Å²) in [4.78, 5) is 14.3. The van der Waals surface area contributed by atoms with Crippen LogP contribution in [-0.4, -0.2) is 43.6 Å². The highest BCUT2D eigenvalue weighted by Crippen LogP contribution is 2.22. The zero-order valence-electron chi connectivity index (χ0n) is 14.1. The van der Waals surface area contributed by atoms with E-state index in [0.717, 1.165) is 36.6 Å². The molecule has 0 unspecified atom stereocenters. The van der Waals surface area contributed by atoms with Crippen LogP contribution in [0.1, 0.15) is 20.3 Å². The number of hydrogen-bond acceptors (Lipinski definition) is 5. The number of rotatable bonds is 7. The fourth-order valence-electron chi connectivity index (χ4n) is 2.43. The van der Waals surface area contributed by atoms with Gasteiger partial charge in [-0.25, -0.2) is 0 Å². The molecule has 0 aliphatic carbocycles. The molecule has 6 nitrogen and oxygen atoms in total. The molecule has 23 heavy (non-hydrogen) atoms. The van der Waals surface area contributed by atoms with Crippen LogP contribution < -0.4 is 20.9 Å². The predicted octanol–water partition coefficient (Wildman–Crippen LogP) is 1.73. The van der Waals surface area contributed by atoms with Crippen LogP contribution in [0.15, 0.2) is 36.0 Å². The van der Waals surface area contributed by atoms with Crippen LogP contribution in [0, 0.1) is 0 Å². The lowest BCUT2D eigenvalue weighted by atomic mass is 10.2. The molecular weight excluding hydrogens is 292 g/mol. The molecule has 6 heteroatoms. The Bertz CT molecular complexity index is 557. The van der Waals surface area contributed by atoms with Gasteiger partial charge in [-0.1, -0.05) is 12.1 Å². The molecule has 0 aromatic heterocycles. The summed E-state index contributed by atoms with van der Waals surface area (Å²) in [7, 11) is 1.61. The highest BCUT2D eigenvalue weighted by Gasteiger charge is 2.14. The summed E-state index contributed by atoms with van der Waals surface area (Å²) in [6.45, 7) is 6.48. The number of amides is 1. The standard InChI is InChI=1S/C17H26N4O2/c1-13(2)21-10-8-14(9-11-21)19-20-17(22)12-18-15-6-4-5-7-16(15)23-3/h4-8,13,18-19H,9-12H2,1-3H3,(H,20,22). The maximum absolute atomic E-state index is 11.9. The van der Waals surface area contributed by atoms with E-state index in [1.54, 1.807) is 7.11 Å². The minimum atomic E-state index is -0.122. The average molecular weight is 318 g/mol. The smallest absolute Gasteiger partial charge is 0.257 e. The summed E-state index contributed by atoms with van der Waals surface area (Å²) < 4.78 is 5.24. The number of nitrogens with one attached hydrogen (secondary N) is 3. The molecule has 3 N–H and O–H groups in total. The summed E-state index contributed by atoms with van der Waals surface area (Å²) in [6, 6.07) is 8.07. The number of carbonyl (C=O) groups excluding carboxylic acids is 1. The lowest BCUT2D eigenvalue weighted by Gasteiger charge is -2.29. The summed E-state index contributed by atoms with van der Waals surface area (Å²) in [5.41, 5.74) is 7.60. The van der Waals surface area contributed by atoms with Crippen LogP contribution in [0.4, 0.5) is 5.69 Å². The first kappa shape index (κ1) is 17.1. The van der Waals surface area contributed by atoms with Crippen LogP contribution in [0.3, 0.4) is 0 Å².